The van der Waals surface area contributed by atoms with Gasteiger partial charge in [-0.05, 0) is 13.3 Å². The number of rotatable bonds is 20. The fourth-order valence-corrected chi connectivity index (χ4v) is 3.78. The van der Waals surface area contributed by atoms with Crippen molar-refractivity contribution in [2.24, 2.45) is 5.92 Å². The number of carboxylic acid groups (broad SMARTS) is 2. The highest BCUT2D eigenvalue weighted by atomic mass is 16.4. The van der Waals surface area contributed by atoms with Crippen molar-refractivity contribution in [2.45, 2.75) is 123 Å². The number of hydrogen-bond donors (Lipinski definition) is 2. The van der Waals surface area contributed by atoms with Gasteiger partial charge in [0, 0.05) is 5.57 Å². The third-order valence-corrected chi connectivity index (χ3v) is 5.58. The lowest BCUT2D eigenvalue weighted by Gasteiger charge is -2.12. The van der Waals surface area contributed by atoms with Crippen molar-refractivity contribution in [1.82, 2.24) is 0 Å². The molecular weight excluding hydrogens is 352 g/mol. The quantitative estimate of drug-likeness (QED) is 0.166. The lowest BCUT2D eigenvalue weighted by atomic mass is 9.92. The van der Waals surface area contributed by atoms with Crippen LogP contribution >= 0.6 is 0 Å². The predicted molar refractivity (Wildman–Crippen MR) is 117 cm³/mol. The maximum absolute atomic E-state index is 11.3. The summed E-state index contributed by atoms with van der Waals surface area (Å²) in [6.07, 6.45) is 22.3. The summed E-state index contributed by atoms with van der Waals surface area (Å²) in [6.45, 7) is 3.85. The predicted octanol–water partition coefficient (Wildman–Crippen LogP) is 7.37. The molecule has 1 atom stereocenters. The molecule has 164 valence electrons. The van der Waals surface area contributed by atoms with Gasteiger partial charge in [0.25, 0.3) is 0 Å². The van der Waals surface area contributed by atoms with Gasteiger partial charge in [-0.1, -0.05) is 116 Å². The lowest BCUT2D eigenvalue weighted by molar-refractivity contribution is -0.144. The van der Waals surface area contributed by atoms with Crippen molar-refractivity contribution in [3.63, 3.8) is 0 Å². The van der Waals surface area contributed by atoms with Gasteiger partial charge in [-0.2, -0.15) is 0 Å². The summed E-state index contributed by atoms with van der Waals surface area (Å²) in [5, 5.41) is 18.3. The summed E-state index contributed by atoms with van der Waals surface area (Å²) in [6, 6.07) is 0. The molecule has 4 nitrogen and oxygen atoms in total. The Bertz CT molecular complexity index is 428. The molecule has 4 heteroatoms. The monoisotopic (exact) mass is 396 g/mol. The molecule has 0 fully saturated rings. The lowest BCUT2D eigenvalue weighted by Crippen LogP contribution is -2.21. The summed E-state index contributed by atoms with van der Waals surface area (Å²) < 4.78 is 0. The second-order valence-corrected chi connectivity index (χ2v) is 8.03. The van der Waals surface area contributed by atoms with Crippen LogP contribution in [0.25, 0.3) is 0 Å². The molecule has 0 aromatic rings. The SMILES string of the molecule is CC=C(C(=O)O)C(CCCCCCCCCCCCCCCCCC)C(=O)O. The summed E-state index contributed by atoms with van der Waals surface area (Å²) in [4.78, 5) is 22.4. The van der Waals surface area contributed by atoms with Crippen LogP contribution in [0, 0.1) is 5.92 Å². The standard InChI is InChI=1S/C24H44O4/c1-3-5-6-7-8-9-10-11-12-13-14-15-16-17-18-19-20-22(24(27)28)21(4-2)23(25)26/h4,22H,3,5-20H2,1-2H3,(H,25,26)(H,27,28). The zero-order valence-corrected chi connectivity index (χ0v) is 18.4. The van der Waals surface area contributed by atoms with Gasteiger partial charge in [0.1, 0.15) is 0 Å². The third-order valence-electron chi connectivity index (χ3n) is 5.58. The Labute approximate surface area is 172 Å². The van der Waals surface area contributed by atoms with Gasteiger partial charge in [-0.3, -0.25) is 4.79 Å². The minimum absolute atomic E-state index is 0.00783. The van der Waals surface area contributed by atoms with Crippen molar-refractivity contribution in [3.05, 3.63) is 11.6 Å². The number of carboxylic acids is 2. The first-order valence-corrected chi connectivity index (χ1v) is 11.7. The summed E-state index contributed by atoms with van der Waals surface area (Å²) >= 11 is 0. The van der Waals surface area contributed by atoms with Gasteiger partial charge >= 0.3 is 11.9 Å². The maximum atomic E-state index is 11.3. The summed E-state index contributed by atoms with van der Waals surface area (Å²) in [5.74, 6) is -3.03. The highest BCUT2D eigenvalue weighted by Gasteiger charge is 2.25. The number of hydrogen-bond acceptors (Lipinski definition) is 2. The van der Waals surface area contributed by atoms with Gasteiger partial charge in [0.15, 0.2) is 0 Å². The van der Waals surface area contributed by atoms with Crippen LogP contribution in [0.15, 0.2) is 11.6 Å². The van der Waals surface area contributed by atoms with E-state index in [1.54, 1.807) is 6.92 Å². The number of aliphatic carboxylic acids is 2. The Morgan fingerprint density at radius 2 is 1.04 bits per heavy atom. The molecule has 0 aromatic heterocycles. The number of allylic oxidation sites excluding steroid dienone is 1. The van der Waals surface area contributed by atoms with Gasteiger partial charge in [-0.25, -0.2) is 4.79 Å². The van der Waals surface area contributed by atoms with E-state index in [9.17, 15) is 14.7 Å². The van der Waals surface area contributed by atoms with Gasteiger partial charge in [0.2, 0.25) is 0 Å². The van der Waals surface area contributed by atoms with E-state index in [-0.39, 0.29) is 5.57 Å². The molecule has 0 rings (SSSR count). The third kappa shape index (κ3) is 14.7. The molecule has 0 bridgehead atoms. The molecule has 0 amide bonds. The fourth-order valence-electron chi connectivity index (χ4n) is 3.78. The van der Waals surface area contributed by atoms with Crippen LogP contribution in [0.1, 0.15) is 123 Å². The van der Waals surface area contributed by atoms with Crippen LogP contribution in [-0.2, 0) is 9.59 Å². The largest absolute Gasteiger partial charge is 0.481 e. The van der Waals surface area contributed by atoms with E-state index >= 15 is 0 Å². The molecule has 0 saturated heterocycles. The van der Waals surface area contributed by atoms with Crippen molar-refractivity contribution in [1.29, 1.82) is 0 Å². The van der Waals surface area contributed by atoms with E-state index in [4.69, 9.17) is 5.11 Å². The molecule has 0 aliphatic carbocycles. The zero-order chi connectivity index (χ0) is 21.0. The van der Waals surface area contributed by atoms with E-state index in [2.05, 4.69) is 6.92 Å². The van der Waals surface area contributed by atoms with Crippen LogP contribution in [0.5, 0.6) is 0 Å². The van der Waals surface area contributed by atoms with Crippen molar-refractivity contribution in [3.8, 4) is 0 Å². The summed E-state index contributed by atoms with van der Waals surface area (Å²) in [7, 11) is 0. The van der Waals surface area contributed by atoms with E-state index in [1.165, 1.54) is 89.5 Å². The summed E-state index contributed by atoms with van der Waals surface area (Å²) in [5.41, 5.74) is 0.00783. The molecular formula is C24H44O4. The minimum Gasteiger partial charge on any atom is -0.481 e. The van der Waals surface area contributed by atoms with E-state index in [1.807, 2.05) is 0 Å². The Balaban J connectivity index is 3.50. The topological polar surface area (TPSA) is 74.6 Å². The number of carbonyl (C=O) groups is 2. The maximum Gasteiger partial charge on any atom is 0.332 e. The van der Waals surface area contributed by atoms with Gasteiger partial charge in [-0.15, -0.1) is 0 Å². The zero-order valence-electron chi connectivity index (χ0n) is 18.4. The highest BCUT2D eigenvalue weighted by Crippen LogP contribution is 2.21. The van der Waals surface area contributed by atoms with Crippen molar-refractivity contribution in [2.75, 3.05) is 0 Å². The first kappa shape index (κ1) is 26.7. The van der Waals surface area contributed by atoms with Crippen molar-refractivity contribution >= 4 is 11.9 Å². The fraction of sp³-hybridized carbons (Fsp3) is 0.833. The van der Waals surface area contributed by atoms with Crippen LogP contribution in [0.2, 0.25) is 0 Å². The van der Waals surface area contributed by atoms with Crippen LogP contribution in [0.4, 0.5) is 0 Å². The molecule has 0 aromatic carbocycles. The Kier molecular flexibility index (Phi) is 18.1. The average molecular weight is 397 g/mol. The molecule has 0 saturated carbocycles. The first-order valence-electron chi connectivity index (χ1n) is 11.7. The first-order chi connectivity index (χ1) is 13.5. The average Bonchev–Trinajstić information content (AvgIpc) is 2.66. The minimum atomic E-state index is -1.12. The molecule has 1 unspecified atom stereocenters. The molecule has 0 heterocycles. The van der Waals surface area contributed by atoms with Crippen molar-refractivity contribution < 1.29 is 19.8 Å². The Hall–Kier alpha value is -1.32. The smallest absolute Gasteiger partial charge is 0.332 e. The van der Waals surface area contributed by atoms with Crippen LogP contribution in [-0.4, -0.2) is 22.2 Å². The van der Waals surface area contributed by atoms with E-state index in [0.29, 0.717) is 6.42 Å². The molecule has 0 spiro atoms. The van der Waals surface area contributed by atoms with Crippen LogP contribution < -0.4 is 0 Å². The van der Waals surface area contributed by atoms with Gasteiger partial charge < -0.3 is 10.2 Å². The van der Waals surface area contributed by atoms with E-state index < -0.39 is 17.9 Å². The second-order valence-electron chi connectivity index (χ2n) is 8.03. The molecule has 2 N–H and O–H groups in total. The van der Waals surface area contributed by atoms with E-state index in [0.717, 1.165) is 19.3 Å². The number of unbranched alkanes of at least 4 members (excludes halogenated alkanes) is 15. The Morgan fingerprint density at radius 1 is 0.679 bits per heavy atom. The molecule has 0 radical (unpaired) electrons. The molecule has 0 aliphatic heterocycles. The van der Waals surface area contributed by atoms with Gasteiger partial charge in [0.05, 0.1) is 5.92 Å². The second kappa shape index (κ2) is 19.0. The molecule has 0 aliphatic rings. The highest BCUT2D eigenvalue weighted by molar-refractivity contribution is 5.93. The molecule has 28 heavy (non-hydrogen) atoms. The Morgan fingerprint density at radius 3 is 1.32 bits per heavy atom. The normalized spacial score (nSPS) is 12.9. The van der Waals surface area contributed by atoms with Crippen LogP contribution in [0.3, 0.4) is 0 Å².